The van der Waals surface area contributed by atoms with E-state index in [1.54, 1.807) is 0 Å². The second-order valence-corrected chi connectivity index (χ2v) is 12.4. The van der Waals surface area contributed by atoms with Crippen LogP contribution in [0.5, 0.6) is 0 Å². The average Bonchev–Trinajstić information content (AvgIpc) is 3.36. The van der Waals surface area contributed by atoms with Gasteiger partial charge in [-0.3, -0.25) is 33.2 Å². The van der Waals surface area contributed by atoms with Crippen LogP contribution in [0.2, 0.25) is 0 Å². The van der Waals surface area contributed by atoms with E-state index in [-0.39, 0.29) is 11.1 Å². The van der Waals surface area contributed by atoms with Gasteiger partial charge in [0.25, 0.3) is 11.1 Å². The second kappa shape index (κ2) is 13.8. The molecule has 0 bridgehead atoms. The van der Waals surface area contributed by atoms with Crippen LogP contribution in [0.15, 0.2) is 31.6 Å². The molecule has 2 aromatic heterocycles. The molecule has 1 unspecified atom stereocenters. The fraction of sp³-hybridized carbons (Fsp3) is 0.600. The van der Waals surface area contributed by atoms with Gasteiger partial charge in [0, 0.05) is 23.5 Å². The summed E-state index contributed by atoms with van der Waals surface area (Å²) in [5.41, 5.74) is -2.48. The molecule has 0 saturated carbocycles. The predicted octanol–water partition coefficient (Wildman–Crippen LogP) is -4.85. The molecule has 22 nitrogen and oxygen atoms in total. The van der Waals surface area contributed by atoms with Crippen LogP contribution in [0.3, 0.4) is 0 Å². The first kappa shape index (κ1) is 35.8. The fourth-order valence-corrected chi connectivity index (χ4v) is 5.68. The normalized spacial score (nSPS) is 30.0. The van der Waals surface area contributed by atoms with Crippen molar-refractivity contribution in [3.63, 3.8) is 0 Å². The quantitative estimate of drug-likeness (QED) is 0.117. The van der Waals surface area contributed by atoms with Crippen LogP contribution >= 0.6 is 15.6 Å². The summed E-state index contributed by atoms with van der Waals surface area (Å²) >= 11 is 0. The molecule has 2 aliphatic heterocycles. The molecule has 24 heteroatoms. The summed E-state index contributed by atoms with van der Waals surface area (Å²) in [5.74, 6) is 0. The average molecular weight is 676 g/mol. The van der Waals surface area contributed by atoms with E-state index in [0.717, 1.165) is 15.3 Å². The largest absolute Gasteiger partial charge is 0.481 e. The highest BCUT2D eigenvalue weighted by atomic mass is 31.3. The summed E-state index contributed by atoms with van der Waals surface area (Å²) < 4.78 is 42.0. The standard InChI is InChI=1S/C10H16N2O12P2.C10H14N2O6/c1-4-2-12(10(16)11-8(4)15)9-7(14)6(13)5(23-9)3-22-26(20,21)24-25(17,18)19;1-4-2-12(10(17)11-8(4)16)9-7(15)6(14)5(3-13)18-9/h2,5-7,9,13-14H,3H2,1H3,(H,20,21)(H,11,15,16)(H2,17,18,19);2,5-7,9,13-15H,3H2,1H3,(H,11,16,17)/t2*5-,6-,7-,9-/m11/s1. The number of aromatic amines is 2. The van der Waals surface area contributed by atoms with Crippen LogP contribution < -0.4 is 22.5 Å². The lowest BCUT2D eigenvalue weighted by Crippen LogP contribution is -2.38. The minimum atomic E-state index is -5.32. The maximum absolute atomic E-state index is 11.8. The number of aromatic nitrogens is 4. The number of H-pyrrole nitrogens is 2. The number of aryl methyl sites for hydroxylation is 2. The van der Waals surface area contributed by atoms with Gasteiger partial charge < -0.3 is 49.7 Å². The number of nitrogens with one attached hydrogen (secondary N) is 2. The zero-order valence-electron chi connectivity index (χ0n) is 22.6. The molecule has 4 heterocycles. The molecule has 248 valence electrons. The Morgan fingerprint density at radius 1 is 0.773 bits per heavy atom. The third kappa shape index (κ3) is 8.33. The Hall–Kier alpha value is -2.66. The van der Waals surface area contributed by atoms with Gasteiger partial charge in [0.15, 0.2) is 12.5 Å². The van der Waals surface area contributed by atoms with Crippen molar-refractivity contribution in [2.75, 3.05) is 13.2 Å². The van der Waals surface area contributed by atoms with Gasteiger partial charge in [-0.05, 0) is 13.8 Å². The molecule has 0 aliphatic carbocycles. The van der Waals surface area contributed by atoms with Crippen molar-refractivity contribution in [1.29, 1.82) is 0 Å². The van der Waals surface area contributed by atoms with E-state index in [2.05, 4.69) is 13.8 Å². The molecule has 2 aliphatic rings. The molecule has 4 rings (SSSR count). The number of ether oxygens (including phenoxy) is 2. The van der Waals surface area contributed by atoms with Crippen molar-refractivity contribution >= 4 is 15.6 Å². The molecule has 0 amide bonds. The van der Waals surface area contributed by atoms with Gasteiger partial charge in [0.1, 0.15) is 36.6 Å². The third-order valence-electron chi connectivity index (χ3n) is 6.31. The monoisotopic (exact) mass is 676 g/mol. The Morgan fingerprint density at radius 3 is 1.57 bits per heavy atom. The van der Waals surface area contributed by atoms with Crippen LogP contribution in [0.4, 0.5) is 0 Å². The van der Waals surface area contributed by atoms with Crippen LogP contribution in [0.25, 0.3) is 0 Å². The van der Waals surface area contributed by atoms with Crippen molar-refractivity contribution in [1.82, 2.24) is 19.1 Å². The maximum Gasteiger partial charge on any atom is 0.481 e. The number of hydrogen-bond donors (Lipinski definition) is 10. The molecular formula is C20H30N4O18P2. The maximum atomic E-state index is 11.8. The molecule has 2 fully saturated rings. The first-order valence-electron chi connectivity index (χ1n) is 12.3. The number of phosphoric ester groups is 1. The summed E-state index contributed by atoms with van der Waals surface area (Å²) in [4.78, 5) is 76.2. The van der Waals surface area contributed by atoms with Crippen LogP contribution in [-0.2, 0) is 27.4 Å². The molecule has 0 aromatic carbocycles. The lowest BCUT2D eigenvalue weighted by Gasteiger charge is -2.18. The van der Waals surface area contributed by atoms with E-state index >= 15 is 0 Å². The molecular weight excluding hydrogens is 646 g/mol. The topological polar surface area (TPSA) is 343 Å². The zero-order valence-corrected chi connectivity index (χ0v) is 24.4. The first-order chi connectivity index (χ1) is 20.3. The highest BCUT2D eigenvalue weighted by Crippen LogP contribution is 2.57. The second-order valence-electron chi connectivity index (χ2n) is 9.57. The highest BCUT2D eigenvalue weighted by molar-refractivity contribution is 7.60. The van der Waals surface area contributed by atoms with Gasteiger partial charge >= 0.3 is 27.0 Å². The van der Waals surface area contributed by atoms with Crippen molar-refractivity contribution in [2.24, 2.45) is 0 Å². The Morgan fingerprint density at radius 2 is 1.18 bits per heavy atom. The van der Waals surface area contributed by atoms with E-state index in [4.69, 9.17) is 24.4 Å². The van der Waals surface area contributed by atoms with Crippen LogP contribution in [-0.4, -0.2) is 109 Å². The van der Waals surface area contributed by atoms with Crippen LogP contribution in [0, 0.1) is 13.8 Å². The van der Waals surface area contributed by atoms with E-state index in [0.29, 0.717) is 0 Å². The van der Waals surface area contributed by atoms with Crippen LogP contribution in [0.1, 0.15) is 23.6 Å². The molecule has 9 atom stereocenters. The number of phosphoric acid groups is 2. The summed E-state index contributed by atoms with van der Waals surface area (Å²) in [7, 11) is -10.5. The molecule has 2 aromatic rings. The first-order valence-corrected chi connectivity index (χ1v) is 15.3. The number of aliphatic hydroxyl groups is 5. The molecule has 10 N–H and O–H groups in total. The predicted molar refractivity (Wildman–Crippen MR) is 140 cm³/mol. The van der Waals surface area contributed by atoms with E-state index < -0.39 is 100 Å². The van der Waals surface area contributed by atoms with Gasteiger partial charge in [-0.1, -0.05) is 0 Å². The van der Waals surface area contributed by atoms with E-state index in [9.17, 15) is 53.6 Å². The van der Waals surface area contributed by atoms with E-state index in [1.165, 1.54) is 20.0 Å². The summed E-state index contributed by atoms with van der Waals surface area (Å²) in [5, 5.41) is 48.2. The molecule has 2 saturated heterocycles. The zero-order chi connectivity index (χ0) is 33.3. The molecule has 0 spiro atoms. The number of hydrogen-bond acceptors (Lipinski definition) is 15. The van der Waals surface area contributed by atoms with Gasteiger partial charge in [0.2, 0.25) is 0 Å². The number of aliphatic hydroxyl groups excluding tert-OH is 5. The Kier molecular flexibility index (Phi) is 11.2. The van der Waals surface area contributed by atoms with Gasteiger partial charge in [-0.25, -0.2) is 18.7 Å². The van der Waals surface area contributed by atoms with Crippen molar-refractivity contribution in [2.45, 2.75) is 62.9 Å². The smallest absolute Gasteiger partial charge is 0.394 e. The Labute approximate surface area is 244 Å². The summed E-state index contributed by atoms with van der Waals surface area (Å²) in [6, 6.07) is 0. The molecule has 0 radical (unpaired) electrons. The SMILES string of the molecule is Cc1cn([C@@H]2O[C@H](CO)[C@@H](O)[C@H]2O)c(=O)[nH]c1=O.Cc1cn([C@@H]2O[C@H](COP(=O)(O)OP(=O)(O)O)[C@@H](O)[C@H]2O)c(=O)[nH]c1=O. The fourth-order valence-electron chi connectivity index (χ4n) is 4.08. The molecule has 44 heavy (non-hydrogen) atoms. The third-order valence-corrected chi connectivity index (χ3v) is 8.46. The van der Waals surface area contributed by atoms with Crippen molar-refractivity contribution < 1.29 is 67.7 Å². The number of nitrogens with zero attached hydrogens (tertiary/aromatic N) is 2. The lowest BCUT2D eigenvalue weighted by molar-refractivity contribution is -0.0551. The Balaban J connectivity index is 0.000000257. The van der Waals surface area contributed by atoms with Gasteiger partial charge in [-0.2, -0.15) is 4.31 Å². The minimum absolute atomic E-state index is 0.115. The minimum Gasteiger partial charge on any atom is -0.394 e. The van der Waals surface area contributed by atoms with Crippen molar-refractivity contribution in [3.05, 3.63) is 65.2 Å². The van der Waals surface area contributed by atoms with Crippen molar-refractivity contribution in [3.8, 4) is 0 Å². The van der Waals surface area contributed by atoms with Gasteiger partial charge in [0.05, 0.1) is 13.2 Å². The van der Waals surface area contributed by atoms with E-state index in [1.807, 2.05) is 4.98 Å². The number of rotatable bonds is 8. The highest BCUT2D eigenvalue weighted by Gasteiger charge is 2.46. The summed E-state index contributed by atoms with van der Waals surface area (Å²) in [6.45, 7) is 1.50. The lowest BCUT2D eigenvalue weighted by atomic mass is 10.1. The van der Waals surface area contributed by atoms with Gasteiger partial charge in [-0.15, -0.1) is 0 Å². The Bertz CT molecular complexity index is 1660. The summed E-state index contributed by atoms with van der Waals surface area (Å²) in [6.07, 6.45) is -8.70.